The van der Waals surface area contributed by atoms with Crippen LogP contribution >= 0.6 is 0 Å². The van der Waals surface area contributed by atoms with Crippen LogP contribution in [-0.2, 0) is 4.79 Å². The van der Waals surface area contributed by atoms with Gasteiger partial charge in [-0.3, -0.25) is 9.69 Å². The molecule has 2 N–H and O–H groups in total. The zero-order chi connectivity index (χ0) is 14.8. The van der Waals surface area contributed by atoms with Crippen LogP contribution in [0.3, 0.4) is 0 Å². The second-order valence-corrected chi connectivity index (χ2v) is 6.25. The molecule has 0 aliphatic heterocycles. The standard InChI is InChI=1S/C15H22N4O2/c1-10-4-5-16-15(17-10)18-12-6-13(7-12)19(9-14(20)21)8-11-2-3-11/h4-5,11-13H,2-3,6-9H2,1H3,(H,20,21)(H,16,17,18). The SMILES string of the molecule is Cc1ccnc(NC2CC(N(CC(=O)O)CC3CC3)C2)n1. The van der Waals surface area contributed by atoms with Gasteiger partial charge in [-0.1, -0.05) is 0 Å². The van der Waals surface area contributed by atoms with Crippen LogP contribution in [0, 0.1) is 12.8 Å². The molecule has 0 atom stereocenters. The molecule has 0 unspecified atom stereocenters. The zero-order valence-corrected chi connectivity index (χ0v) is 12.3. The Morgan fingerprint density at radius 3 is 2.86 bits per heavy atom. The van der Waals surface area contributed by atoms with Crippen molar-refractivity contribution in [3.05, 3.63) is 18.0 Å². The monoisotopic (exact) mass is 290 g/mol. The van der Waals surface area contributed by atoms with E-state index in [0.717, 1.165) is 31.0 Å². The van der Waals surface area contributed by atoms with Crippen LogP contribution < -0.4 is 5.32 Å². The van der Waals surface area contributed by atoms with Gasteiger partial charge in [0.05, 0.1) is 6.54 Å². The minimum absolute atomic E-state index is 0.162. The fraction of sp³-hybridized carbons (Fsp3) is 0.667. The quantitative estimate of drug-likeness (QED) is 0.793. The Balaban J connectivity index is 1.49. The highest BCUT2D eigenvalue weighted by Gasteiger charge is 2.37. The molecule has 0 amide bonds. The maximum atomic E-state index is 11.0. The van der Waals surface area contributed by atoms with Gasteiger partial charge in [-0.05, 0) is 44.6 Å². The average Bonchev–Trinajstić information content (AvgIpc) is 3.16. The number of aryl methyl sites for hydroxylation is 1. The lowest BCUT2D eigenvalue weighted by atomic mass is 9.85. The summed E-state index contributed by atoms with van der Waals surface area (Å²) < 4.78 is 0. The number of anilines is 1. The fourth-order valence-electron chi connectivity index (χ4n) is 2.85. The molecule has 6 heteroatoms. The highest BCUT2D eigenvalue weighted by Crippen LogP contribution is 2.34. The Bertz CT molecular complexity index is 512. The van der Waals surface area contributed by atoms with Crippen LogP contribution in [0.2, 0.25) is 0 Å². The van der Waals surface area contributed by atoms with Crippen molar-refractivity contribution in [3.63, 3.8) is 0 Å². The van der Waals surface area contributed by atoms with Gasteiger partial charge in [0.2, 0.25) is 5.95 Å². The third kappa shape index (κ3) is 3.91. The zero-order valence-electron chi connectivity index (χ0n) is 12.3. The molecule has 2 fully saturated rings. The molecule has 0 saturated heterocycles. The van der Waals surface area contributed by atoms with Gasteiger partial charge in [0.25, 0.3) is 0 Å². The van der Waals surface area contributed by atoms with Crippen molar-refractivity contribution < 1.29 is 9.90 Å². The summed E-state index contributed by atoms with van der Waals surface area (Å²) in [5.41, 5.74) is 0.949. The lowest BCUT2D eigenvalue weighted by Crippen LogP contribution is -2.52. The topological polar surface area (TPSA) is 78.4 Å². The van der Waals surface area contributed by atoms with E-state index in [1.807, 2.05) is 13.0 Å². The maximum absolute atomic E-state index is 11.0. The first-order chi connectivity index (χ1) is 10.1. The molecule has 6 nitrogen and oxygen atoms in total. The first-order valence-corrected chi connectivity index (χ1v) is 7.62. The lowest BCUT2D eigenvalue weighted by Gasteiger charge is -2.42. The number of aliphatic carboxylic acids is 1. The van der Waals surface area contributed by atoms with Crippen LogP contribution in [0.4, 0.5) is 5.95 Å². The number of nitrogens with zero attached hydrogens (tertiary/aromatic N) is 3. The predicted octanol–water partition coefficient (Wildman–Crippen LogP) is 1.52. The van der Waals surface area contributed by atoms with E-state index in [0.29, 0.717) is 18.0 Å². The first-order valence-electron chi connectivity index (χ1n) is 7.62. The van der Waals surface area contributed by atoms with Crippen LogP contribution in [0.25, 0.3) is 0 Å². The van der Waals surface area contributed by atoms with Crippen LogP contribution in [0.15, 0.2) is 12.3 Å². The number of carboxylic acid groups (broad SMARTS) is 1. The minimum Gasteiger partial charge on any atom is -0.480 e. The predicted molar refractivity (Wildman–Crippen MR) is 79.1 cm³/mol. The smallest absolute Gasteiger partial charge is 0.317 e. The van der Waals surface area contributed by atoms with Crippen molar-refractivity contribution in [1.29, 1.82) is 0 Å². The first kappa shape index (κ1) is 14.3. The summed E-state index contributed by atoms with van der Waals surface area (Å²) in [6.45, 7) is 3.04. The Kier molecular flexibility index (Phi) is 4.05. The van der Waals surface area contributed by atoms with E-state index in [2.05, 4.69) is 20.2 Å². The summed E-state index contributed by atoms with van der Waals surface area (Å²) in [5.74, 6) is 0.663. The van der Waals surface area contributed by atoms with E-state index >= 15 is 0 Å². The van der Waals surface area contributed by atoms with E-state index in [9.17, 15) is 4.79 Å². The maximum Gasteiger partial charge on any atom is 0.317 e. The summed E-state index contributed by atoms with van der Waals surface area (Å²) in [7, 11) is 0. The van der Waals surface area contributed by atoms with Crippen molar-refractivity contribution in [2.75, 3.05) is 18.4 Å². The highest BCUT2D eigenvalue weighted by atomic mass is 16.4. The van der Waals surface area contributed by atoms with Gasteiger partial charge in [0.1, 0.15) is 0 Å². The molecule has 3 rings (SSSR count). The number of aromatic nitrogens is 2. The van der Waals surface area contributed by atoms with Crippen molar-refractivity contribution in [2.24, 2.45) is 5.92 Å². The molecule has 2 aliphatic carbocycles. The lowest BCUT2D eigenvalue weighted by molar-refractivity contribution is -0.139. The molecule has 2 aliphatic rings. The number of carboxylic acids is 1. The normalized spacial score (nSPS) is 24.7. The number of hydrogen-bond donors (Lipinski definition) is 2. The van der Waals surface area contributed by atoms with Crippen molar-refractivity contribution >= 4 is 11.9 Å². The molecule has 0 spiro atoms. The van der Waals surface area contributed by atoms with Gasteiger partial charge in [-0.15, -0.1) is 0 Å². The third-order valence-corrected chi connectivity index (χ3v) is 4.29. The average molecular weight is 290 g/mol. The van der Waals surface area contributed by atoms with Crippen LogP contribution in [0.1, 0.15) is 31.4 Å². The number of carbonyl (C=O) groups is 1. The number of nitrogens with one attached hydrogen (secondary N) is 1. The van der Waals surface area contributed by atoms with Crippen molar-refractivity contribution in [2.45, 2.75) is 44.7 Å². The van der Waals surface area contributed by atoms with Gasteiger partial charge >= 0.3 is 5.97 Å². The molecule has 0 radical (unpaired) electrons. The van der Waals surface area contributed by atoms with Gasteiger partial charge in [0.15, 0.2) is 0 Å². The summed E-state index contributed by atoms with van der Waals surface area (Å²) in [6.07, 6.45) is 6.20. The van der Waals surface area contributed by atoms with E-state index in [1.165, 1.54) is 12.8 Å². The van der Waals surface area contributed by atoms with Gasteiger partial charge in [0, 0.05) is 30.5 Å². The molecular formula is C15H22N4O2. The minimum atomic E-state index is -0.728. The molecular weight excluding hydrogens is 268 g/mol. The van der Waals surface area contributed by atoms with E-state index in [1.54, 1.807) is 6.20 Å². The van der Waals surface area contributed by atoms with Crippen LogP contribution in [-0.4, -0.2) is 51.1 Å². The van der Waals surface area contributed by atoms with Crippen LogP contribution in [0.5, 0.6) is 0 Å². The molecule has 114 valence electrons. The van der Waals surface area contributed by atoms with Crippen molar-refractivity contribution in [3.8, 4) is 0 Å². The van der Waals surface area contributed by atoms with E-state index < -0.39 is 5.97 Å². The highest BCUT2D eigenvalue weighted by molar-refractivity contribution is 5.69. The number of hydrogen-bond acceptors (Lipinski definition) is 5. The summed E-state index contributed by atoms with van der Waals surface area (Å²) in [6, 6.07) is 2.61. The largest absolute Gasteiger partial charge is 0.480 e. The second-order valence-electron chi connectivity index (χ2n) is 6.25. The Labute approximate surface area is 124 Å². The summed E-state index contributed by atoms with van der Waals surface area (Å²) in [4.78, 5) is 21.7. The summed E-state index contributed by atoms with van der Waals surface area (Å²) in [5, 5.41) is 12.4. The van der Waals surface area contributed by atoms with Crippen molar-refractivity contribution in [1.82, 2.24) is 14.9 Å². The van der Waals surface area contributed by atoms with E-state index in [-0.39, 0.29) is 6.54 Å². The molecule has 1 heterocycles. The van der Waals surface area contributed by atoms with Gasteiger partial charge in [-0.25, -0.2) is 9.97 Å². The Hall–Kier alpha value is -1.69. The molecule has 1 aromatic heterocycles. The fourth-order valence-corrected chi connectivity index (χ4v) is 2.85. The Morgan fingerprint density at radius 2 is 2.24 bits per heavy atom. The molecule has 2 saturated carbocycles. The number of rotatable bonds is 7. The molecule has 1 aromatic rings. The Morgan fingerprint density at radius 1 is 1.48 bits per heavy atom. The molecule has 0 bridgehead atoms. The van der Waals surface area contributed by atoms with E-state index in [4.69, 9.17) is 5.11 Å². The van der Waals surface area contributed by atoms with Gasteiger partial charge < -0.3 is 10.4 Å². The molecule has 21 heavy (non-hydrogen) atoms. The third-order valence-electron chi connectivity index (χ3n) is 4.29. The summed E-state index contributed by atoms with van der Waals surface area (Å²) >= 11 is 0. The molecule has 0 aromatic carbocycles. The second kappa shape index (κ2) is 5.97. The van der Waals surface area contributed by atoms with Gasteiger partial charge in [-0.2, -0.15) is 0 Å².